The number of benzene rings is 1. The predicted molar refractivity (Wildman–Crippen MR) is 75.0 cm³/mol. The zero-order chi connectivity index (χ0) is 15.4. The molecule has 1 aromatic rings. The molecule has 0 spiro atoms. The van der Waals surface area contributed by atoms with Gasteiger partial charge in [0.25, 0.3) is 0 Å². The summed E-state index contributed by atoms with van der Waals surface area (Å²) in [4.78, 5) is 12.0. The highest BCUT2D eigenvalue weighted by molar-refractivity contribution is 5.77. The third-order valence-corrected chi connectivity index (χ3v) is 3.79. The van der Waals surface area contributed by atoms with Crippen LogP contribution in [0.4, 0.5) is 8.78 Å². The minimum atomic E-state index is -0.618. The Morgan fingerprint density at radius 3 is 2.90 bits per heavy atom. The van der Waals surface area contributed by atoms with E-state index in [0.717, 1.165) is 6.07 Å². The number of methoxy groups -OCH3 is 1. The Balaban J connectivity index is 1.92. The fourth-order valence-electron chi connectivity index (χ4n) is 2.60. The van der Waals surface area contributed by atoms with Crippen LogP contribution in [0.1, 0.15) is 24.8 Å². The van der Waals surface area contributed by atoms with Crippen LogP contribution in [-0.2, 0) is 9.53 Å². The first-order valence-corrected chi connectivity index (χ1v) is 6.99. The highest BCUT2D eigenvalue weighted by Crippen LogP contribution is 2.22. The average Bonchev–Trinajstić information content (AvgIpc) is 2.85. The SMILES string of the molecule is CO[C@H]1CNCC1NC(=O)CC(C)c1ccc(F)cc1F. The summed E-state index contributed by atoms with van der Waals surface area (Å²) in [5.74, 6) is -1.72. The van der Waals surface area contributed by atoms with Crippen molar-refractivity contribution in [3.05, 3.63) is 35.4 Å². The van der Waals surface area contributed by atoms with Crippen molar-refractivity contribution in [2.24, 2.45) is 0 Å². The van der Waals surface area contributed by atoms with E-state index in [-0.39, 0.29) is 30.4 Å². The summed E-state index contributed by atoms with van der Waals surface area (Å²) in [6.07, 6.45) is 0.0991. The van der Waals surface area contributed by atoms with Crippen molar-refractivity contribution in [2.45, 2.75) is 31.4 Å². The van der Waals surface area contributed by atoms with Gasteiger partial charge in [-0.05, 0) is 17.5 Å². The van der Waals surface area contributed by atoms with Gasteiger partial charge in [0.05, 0.1) is 12.1 Å². The van der Waals surface area contributed by atoms with E-state index in [1.54, 1.807) is 14.0 Å². The molecule has 1 aliphatic rings. The highest BCUT2D eigenvalue weighted by atomic mass is 19.1. The number of hydrogen-bond donors (Lipinski definition) is 2. The van der Waals surface area contributed by atoms with Crippen molar-refractivity contribution < 1.29 is 18.3 Å². The maximum absolute atomic E-state index is 13.7. The topological polar surface area (TPSA) is 50.4 Å². The van der Waals surface area contributed by atoms with Crippen LogP contribution in [0.5, 0.6) is 0 Å². The molecule has 1 aromatic carbocycles. The first-order valence-electron chi connectivity index (χ1n) is 6.99. The molecule has 2 N–H and O–H groups in total. The van der Waals surface area contributed by atoms with Gasteiger partial charge in [0.2, 0.25) is 5.91 Å². The molecule has 2 unspecified atom stereocenters. The molecule has 21 heavy (non-hydrogen) atoms. The molecule has 1 saturated heterocycles. The lowest BCUT2D eigenvalue weighted by Gasteiger charge is -2.20. The van der Waals surface area contributed by atoms with Crippen molar-refractivity contribution in [2.75, 3.05) is 20.2 Å². The average molecular weight is 298 g/mol. The highest BCUT2D eigenvalue weighted by Gasteiger charge is 2.28. The third-order valence-electron chi connectivity index (χ3n) is 3.79. The van der Waals surface area contributed by atoms with E-state index in [4.69, 9.17) is 4.74 Å². The molecular weight excluding hydrogens is 278 g/mol. The summed E-state index contributed by atoms with van der Waals surface area (Å²) in [6, 6.07) is 3.35. The van der Waals surface area contributed by atoms with Crippen LogP contribution < -0.4 is 10.6 Å². The monoisotopic (exact) mass is 298 g/mol. The largest absolute Gasteiger partial charge is 0.378 e. The van der Waals surface area contributed by atoms with Gasteiger partial charge in [0, 0.05) is 32.7 Å². The maximum Gasteiger partial charge on any atom is 0.220 e. The van der Waals surface area contributed by atoms with Crippen LogP contribution in [0.15, 0.2) is 18.2 Å². The van der Waals surface area contributed by atoms with Crippen LogP contribution in [-0.4, -0.2) is 38.3 Å². The Bertz CT molecular complexity index is 510. The van der Waals surface area contributed by atoms with Gasteiger partial charge in [0.1, 0.15) is 11.6 Å². The van der Waals surface area contributed by atoms with E-state index >= 15 is 0 Å². The van der Waals surface area contributed by atoms with Crippen molar-refractivity contribution in [1.82, 2.24) is 10.6 Å². The Morgan fingerprint density at radius 2 is 2.24 bits per heavy atom. The lowest BCUT2D eigenvalue weighted by Crippen LogP contribution is -2.43. The maximum atomic E-state index is 13.7. The van der Waals surface area contributed by atoms with Crippen LogP contribution in [0.2, 0.25) is 0 Å². The minimum Gasteiger partial charge on any atom is -0.378 e. The molecule has 0 bridgehead atoms. The smallest absolute Gasteiger partial charge is 0.220 e. The van der Waals surface area contributed by atoms with Gasteiger partial charge in [-0.25, -0.2) is 8.78 Å². The quantitative estimate of drug-likeness (QED) is 0.867. The van der Waals surface area contributed by atoms with E-state index in [1.807, 2.05) is 0 Å². The van der Waals surface area contributed by atoms with E-state index < -0.39 is 11.6 Å². The van der Waals surface area contributed by atoms with Crippen molar-refractivity contribution in [1.29, 1.82) is 0 Å². The number of rotatable bonds is 5. The molecule has 1 aliphatic heterocycles. The zero-order valence-corrected chi connectivity index (χ0v) is 12.2. The molecule has 2 rings (SSSR count). The Kier molecular flexibility index (Phi) is 5.25. The number of ether oxygens (including phenoxy) is 1. The van der Waals surface area contributed by atoms with Gasteiger partial charge in [-0.1, -0.05) is 13.0 Å². The Morgan fingerprint density at radius 1 is 1.48 bits per heavy atom. The molecule has 6 heteroatoms. The molecule has 1 amide bonds. The summed E-state index contributed by atoms with van der Waals surface area (Å²) in [5, 5.41) is 6.03. The van der Waals surface area contributed by atoms with Gasteiger partial charge in [0.15, 0.2) is 0 Å². The molecule has 0 saturated carbocycles. The summed E-state index contributed by atoms with van der Waals surface area (Å²) in [5.41, 5.74) is 0.347. The minimum absolute atomic E-state index is 0.0492. The fraction of sp³-hybridized carbons (Fsp3) is 0.533. The molecule has 3 atom stereocenters. The number of nitrogens with one attached hydrogen (secondary N) is 2. The summed E-state index contributed by atoms with van der Waals surface area (Å²) < 4.78 is 31.8. The fourth-order valence-corrected chi connectivity index (χ4v) is 2.60. The van der Waals surface area contributed by atoms with Crippen molar-refractivity contribution in [3.8, 4) is 0 Å². The van der Waals surface area contributed by atoms with E-state index in [2.05, 4.69) is 10.6 Å². The molecule has 116 valence electrons. The van der Waals surface area contributed by atoms with Crippen LogP contribution in [0, 0.1) is 11.6 Å². The van der Waals surface area contributed by atoms with Gasteiger partial charge in [-0.2, -0.15) is 0 Å². The second-order valence-electron chi connectivity index (χ2n) is 5.38. The molecule has 1 heterocycles. The van der Waals surface area contributed by atoms with E-state index in [0.29, 0.717) is 18.7 Å². The van der Waals surface area contributed by atoms with Gasteiger partial charge < -0.3 is 15.4 Å². The predicted octanol–water partition coefficient (Wildman–Crippen LogP) is 1.56. The van der Waals surface area contributed by atoms with Gasteiger partial charge in [-0.15, -0.1) is 0 Å². The number of amides is 1. The van der Waals surface area contributed by atoms with E-state index in [1.165, 1.54) is 12.1 Å². The molecular formula is C15H20F2N2O2. The van der Waals surface area contributed by atoms with Crippen LogP contribution in [0.25, 0.3) is 0 Å². The van der Waals surface area contributed by atoms with Gasteiger partial charge in [-0.3, -0.25) is 4.79 Å². The number of carbonyl (C=O) groups excluding carboxylic acids is 1. The molecule has 0 aliphatic carbocycles. The Hall–Kier alpha value is -1.53. The third kappa shape index (κ3) is 3.98. The second-order valence-corrected chi connectivity index (χ2v) is 5.38. The standard InChI is InChI=1S/C15H20F2N2O2/c1-9(11-4-3-10(16)6-12(11)17)5-15(20)19-13-7-18-8-14(13)21-2/h3-4,6,9,13-14,18H,5,7-8H2,1-2H3,(H,19,20)/t9?,13?,14-/m0/s1. The summed E-state index contributed by atoms with van der Waals surface area (Å²) in [7, 11) is 1.60. The number of hydrogen-bond acceptors (Lipinski definition) is 3. The van der Waals surface area contributed by atoms with Crippen molar-refractivity contribution >= 4 is 5.91 Å². The normalized spacial score (nSPS) is 23.0. The summed E-state index contributed by atoms with van der Waals surface area (Å²) >= 11 is 0. The first kappa shape index (κ1) is 15.9. The second kappa shape index (κ2) is 6.95. The lowest BCUT2D eigenvalue weighted by molar-refractivity contribution is -0.122. The molecule has 0 aromatic heterocycles. The summed E-state index contributed by atoms with van der Waals surface area (Å²) in [6.45, 7) is 3.10. The zero-order valence-electron chi connectivity index (χ0n) is 12.2. The molecule has 1 fully saturated rings. The van der Waals surface area contributed by atoms with E-state index in [9.17, 15) is 13.6 Å². The number of halogens is 2. The molecule has 4 nitrogen and oxygen atoms in total. The van der Waals surface area contributed by atoms with Crippen molar-refractivity contribution in [3.63, 3.8) is 0 Å². The molecule has 0 radical (unpaired) electrons. The van der Waals surface area contributed by atoms with Gasteiger partial charge >= 0.3 is 0 Å². The first-order chi connectivity index (χ1) is 10.0. The van der Waals surface area contributed by atoms with Crippen LogP contribution in [0.3, 0.4) is 0 Å². The van der Waals surface area contributed by atoms with Crippen LogP contribution >= 0.6 is 0 Å². The number of carbonyl (C=O) groups is 1. The Labute approximate surface area is 122 Å². The lowest BCUT2D eigenvalue weighted by atomic mass is 9.96.